The predicted molar refractivity (Wildman–Crippen MR) is 75.5 cm³/mol. The van der Waals surface area contributed by atoms with Gasteiger partial charge in [-0.1, -0.05) is 0 Å². The average Bonchev–Trinajstić information content (AvgIpc) is 3.26. The lowest BCUT2D eigenvalue weighted by molar-refractivity contribution is 0.322. The SMILES string of the molecule is CC(CNC1CC1)S(=O)(=O)NC1CCN(C2CC2)C1. The van der Waals surface area contributed by atoms with Crippen LogP contribution in [0.4, 0.5) is 0 Å². The number of nitrogens with one attached hydrogen (secondary N) is 2. The van der Waals surface area contributed by atoms with E-state index in [-0.39, 0.29) is 11.3 Å². The third kappa shape index (κ3) is 3.68. The molecular formula is C13H25N3O2S. The second-order valence-electron chi connectivity index (χ2n) is 6.37. The largest absolute Gasteiger partial charge is 0.313 e. The Morgan fingerprint density at radius 3 is 2.53 bits per heavy atom. The van der Waals surface area contributed by atoms with Crippen molar-refractivity contribution in [2.75, 3.05) is 19.6 Å². The van der Waals surface area contributed by atoms with E-state index >= 15 is 0 Å². The van der Waals surface area contributed by atoms with Crippen LogP contribution in [-0.4, -0.2) is 56.3 Å². The van der Waals surface area contributed by atoms with Crippen LogP contribution in [0.5, 0.6) is 0 Å². The van der Waals surface area contributed by atoms with Crippen LogP contribution in [0.3, 0.4) is 0 Å². The van der Waals surface area contributed by atoms with Crippen molar-refractivity contribution in [3.8, 4) is 0 Å². The minimum Gasteiger partial charge on any atom is -0.313 e. The van der Waals surface area contributed by atoms with Gasteiger partial charge in [0.2, 0.25) is 10.0 Å². The first kappa shape index (κ1) is 13.8. The quantitative estimate of drug-likeness (QED) is 0.706. The highest BCUT2D eigenvalue weighted by Gasteiger charge is 2.36. The van der Waals surface area contributed by atoms with E-state index in [1.165, 1.54) is 25.7 Å². The summed E-state index contributed by atoms with van der Waals surface area (Å²) < 4.78 is 27.4. The van der Waals surface area contributed by atoms with Gasteiger partial charge in [-0.25, -0.2) is 13.1 Å². The molecule has 0 amide bonds. The minimum absolute atomic E-state index is 0.119. The standard InChI is InChI=1S/C13H25N3O2S/c1-10(8-14-11-2-3-11)19(17,18)15-12-6-7-16(9-12)13-4-5-13/h10-15H,2-9H2,1H3. The van der Waals surface area contributed by atoms with Crippen LogP contribution in [-0.2, 0) is 10.0 Å². The second-order valence-corrected chi connectivity index (χ2v) is 8.50. The monoisotopic (exact) mass is 287 g/mol. The fourth-order valence-electron chi connectivity index (χ4n) is 2.73. The summed E-state index contributed by atoms with van der Waals surface area (Å²) in [5, 5.41) is 2.95. The topological polar surface area (TPSA) is 61.4 Å². The van der Waals surface area contributed by atoms with Crippen LogP contribution in [0.1, 0.15) is 39.0 Å². The van der Waals surface area contributed by atoms with Crippen molar-refractivity contribution in [3.05, 3.63) is 0 Å². The zero-order valence-corrected chi connectivity index (χ0v) is 12.5. The number of likely N-dealkylation sites (tertiary alicyclic amines) is 1. The molecule has 2 unspecified atom stereocenters. The Hall–Kier alpha value is -0.170. The van der Waals surface area contributed by atoms with Gasteiger partial charge in [-0.2, -0.15) is 0 Å². The van der Waals surface area contributed by atoms with Gasteiger partial charge in [0.05, 0.1) is 5.25 Å². The molecule has 110 valence electrons. The van der Waals surface area contributed by atoms with Crippen molar-refractivity contribution in [1.29, 1.82) is 0 Å². The van der Waals surface area contributed by atoms with Gasteiger partial charge in [-0.3, -0.25) is 4.90 Å². The molecule has 3 aliphatic rings. The van der Waals surface area contributed by atoms with E-state index in [1.807, 2.05) is 0 Å². The smallest absolute Gasteiger partial charge is 0.215 e. The zero-order chi connectivity index (χ0) is 13.5. The number of nitrogens with zero attached hydrogens (tertiary/aromatic N) is 1. The van der Waals surface area contributed by atoms with E-state index in [1.54, 1.807) is 6.92 Å². The lowest BCUT2D eigenvalue weighted by Gasteiger charge is -2.19. The molecular weight excluding hydrogens is 262 g/mol. The molecule has 2 saturated carbocycles. The van der Waals surface area contributed by atoms with Gasteiger partial charge in [0.15, 0.2) is 0 Å². The molecule has 0 spiro atoms. The summed E-state index contributed by atoms with van der Waals surface area (Å²) in [6.45, 7) is 4.31. The first-order valence-electron chi connectivity index (χ1n) is 7.53. The average molecular weight is 287 g/mol. The Kier molecular flexibility index (Phi) is 3.86. The predicted octanol–water partition coefficient (Wildman–Crippen LogP) is 0.283. The van der Waals surface area contributed by atoms with Gasteiger partial charge in [-0.15, -0.1) is 0 Å². The maximum Gasteiger partial charge on any atom is 0.215 e. The maximum absolute atomic E-state index is 12.2. The van der Waals surface area contributed by atoms with Gasteiger partial charge in [-0.05, 0) is 39.0 Å². The third-order valence-corrected chi connectivity index (χ3v) is 6.30. The molecule has 2 atom stereocenters. The third-order valence-electron chi connectivity index (χ3n) is 4.41. The van der Waals surface area contributed by atoms with Crippen LogP contribution in [0.2, 0.25) is 0 Å². The number of hydrogen-bond donors (Lipinski definition) is 2. The Morgan fingerprint density at radius 1 is 1.16 bits per heavy atom. The highest BCUT2D eigenvalue weighted by Crippen LogP contribution is 2.30. The molecule has 0 bridgehead atoms. The van der Waals surface area contributed by atoms with E-state index < -0.39 is 10.0 Å². The highest BCUT2D eigenvalue weighted by molar-refractivity contribution is 7.90. The molecule has 3 rings (SSSR count). The summed E-state index contributed by atoms with van der Waals surface area (Å²) in [5.74, 6) is 0. The van der Waals surface area contributed by atoms with Crippen molar-refractivity contribution in [2.45, 2.75) is 62.4 Å². The number of sulfonamides is 1. The fourth-order valence-corrected chi connectivity index (χ4v) is 3.94. The molecule has 0 radical (unpaired) electrons. The van der Waals surface area contributed by atoms with Gasteiger partial charge < -0.3 is 5.32 Å². The van der Waals surface area contributed by atoms with Crippen LogP contribution in [0.25, 0.3) is 0 Å². The normalized spacial score (nSPS) is 30.7. The van der Waals surface area contributed by atoms with E-state index in [9.17, 15) is 8.42 Å². The van der Waals surface area contributed by atoms with Crippen LogP contribution in [0.15, 0.2) is 0 Å². The Labute approximate surface area is 116 Å². The van der Waals surface area contributed by atoms with Crippen LogP contribution in [0, 0.1) is 0 Å². The summed E-state index contributed by atoms with van der Waals surface area (Å²) in [6.07, 6.45) is 5.93. The fraction of sp³-hybridized carbons (Fsp3) is 1.00. The Morgan fingerprint density at radius 2 is 1.89 bits per heavy atom. The van der Waals surface area contributed by atoms with E-state index in [0.29, 0.717) is 12.6 Å². The number of hydrogen-bond acceptors (Lipinski definition) is 4. The molecule has 1 heterocycles. The summed E-state index contributed by atoms with van der Waals surface area (Å²) in [4.78, 5) is 2.43. The van der Waals surface area contributed by atoms with Crippen molar-refractivity contribution in [3.63, 3.8) is 0 Å². The zero-order valence-electron chi connectivity index (χ0n) is 11.6. The first-order chi connectivity index (χ1) is 9.04. The van der Waals surface area contributed by atoms with Gasteiger partial charge in [0.25, 0.3) is 0 Å². The molecule has 6 heteroatoms. The van der Waals surface area contributed by atoms with Crippen molar-refractivity contribution in [1.82, 2.24) is 14.9 Å². The van der Waals surface area contributed by atoms with Gasteiger partial charge in [0, 0.05) is 37.8 Å². The lowest BCUT2D eigenvalue weighted by atomic mass is 10.3. The molecule has 0 aromatic rings. The van der Waals surface area contributed by atoms with Gasteiger partial charge in [0.1, 0.15) is 0 Å². The first-order valence-corrected chi connectivity index (χ1v) is 9.08. The summed E-state index contributed by atoms with van der Waals surface area (Å²) in [7, 11) is -3.18. The molecule has 0 aromatic heterocycles. The lowest BCUT2D eigenvalue weighted by Crippen LogP contribution is -2.45. The highest BCUT2D eigenvalue weighted by atomic mass is 32.2. The molecule has 1 saturated heterocycles. The van der Waals surface area contributed by atoms with E-state index in [4.69, 9.17) is 0 Å². The van der Waals surface area contributed by atoms with Crippen molar-refractivity contribution >= 4 is 10.0 Å². The van der Waals surface area contributed by atoms with Crippen molar-refractivity contribution < 1.29 is 8.42 Å². The molecule has 2 aliphatic carbocycles. The molecule has 5 nitrogen and oxygen atoms in total. The van der Waals surface area contributed by atoms with E-state index in [0.717, 1.165) is 25.6 Å². The molecule has 0 aromatic carbocycles. The number of rotatable bonds is 7. The Balaban J connectivity index is 1.46. The molecule has 2 N–H and O–H groups in total. The summed E-state index contributed by atoms with van der Waals surface area (Å²) >= 11 is 0. The summed E-state index contributed by atoms with van der Waals surface area (Å²) in [5.41, 5.74) is 0. The minimum atomic E-state index is -3.18. The maximum atomic E-state index is 12.2. The van der Waals surface area contributed by atoms with Crippen LogP contribution < -0.4 is 10.0 Å². The molecule has 3 fully saturated rings. The second kappa shape index (κ2) is 5.31. The van der Waals surface area contributed by atoms with Crippen LogP contribution >= 0.6 is 0 Å². The Bertz CT molecular complexity index is 418. The molecule has 19 heavy (non-hydrogen) atoms. The molecule has 1 aliphatic heterocycles. The van der Waals surface area contributed by atoms with Crippen molar-refractivity contribution in [2.24, 2.45) is 0 Å². The summed E-state index contributed by atoms with van der Waals surface area (Å²) in [6, 6.07) is 1.42. The van der Waals surface area contributed by atoms with Gasteiger partial charge >= 0.3 is 0 Å². The van der Waals surface area contributed by atoms with E-state index in [2.05, 4.69) is 14.9 Å².